The van der Waals surface area contributed by atoms with Crippen molar-refractivity contribution in [1.82, 2.24) is 5.32 Å². The third-order valence-electron chi connectivity index (χ3n) is 2.86. The second-order valence-electron chi connectivity index (χ2n) is 5.17. The van der Waals surface area contributed by atoms with E-state index in [-0.39, 0.29) is 11.3 Å². The fourth-order valence-electron chi connectivity index (χ4n) is 1.39. The van der Waals surface area contributed by atoms with Crippen LogP contribution in [0.3, 0.4) is 0 Å². The Morgan fingerprint density at radius 3 is 2.76 bits per heavy atom. The van der Waals surface area contributed by atoms with Crippen LogP contribution in [0.2, 0.25) is 0 Å². The third-order valence-corrected chi connectivity index (χ3v) is 3.95. The number of aryl methyl sites for hydroxylation is 2. The summed E-state index contributed by atoms with van der Waals surface area (Å²) in [6, 6.07) is 2.09. The van der Waals surface area contributed by atoms with Gasteiger partial charge in [0.1, 0.15) is 0 Å². The molecule has 0 saturated heterocycles. The highest BCUT2D eigenvalue weighted by molar-refractivity contribution is 7.10. The molecule has 0 saturated carbocycles. The fraction of sp³-hybridized carbons (Fsp3) is 0.615. The molecule has 0 aliphatic carbocycles. The lowest BCUT2D eigenvalue weighted by atomic mass is 9.94. The van der Waals surface area contributed by atoms with Gasteiger partial charge in [-0.15, -0.1) is 11.3 Å². The molecule has 0 aromatic carbocycles. The molecular formula is C13H22N2OS. The van der Waals surface area contributed by atoms with Gasteiger partial charge in [-0.2, -0.15) is 0 Å². The number of nitrogens with two attached hydrogens (primary N) is 1. The average Bonchev–Trinajstić information content (AvgIpc) is 2.70. The monoisotopic (exact) mass is 254 g/mol. The van der Waals surface area contributed by atoms with Gasteiger partial charge < -0.3 is 11.1 Å². The third kappa shape index (κ3) is 4.88. The molecule has 0 atom stereocenters. The zero-order valence-corrected chi connectivity index (χ0v) is 11.7. The number of carbonyl (C=O) groups is 1. The van der Waals surface area contributed by atoms with Crippen LogP contribution in [0.4, 0.5) is 0 Å². The van der Waals surface area contributed by atoms with Gasteiger partial charge in [-0.3, -0.25) is 4.79 Å². The summed E-state index contributed by atoms with van der Waals surface area (Å²) in [7, 11) is 0. The topological polar surface area (TPSA) is 55.1 Å². The molecule has 0 aliphatic rings. The standard InChI is InChI=1S/C13H22N2OS/c1-10-6-7-17-11(10)4-5-12(16)15-9-13(2,3)8-14/h6-7H,4-5,8-9,14H2,1-3H3,(H,15,16). The van der Waals surface area contributed by atoms with Gasteiger partial charge >= 0.3 is 0 Å². The molecule has 1 aromatic heterocycles. The molecule has 1 amide bonds. The molecular weight excluding hydrogens is 232 g/mol. The van der Waals surface area contributed by atoms with E-state index in [1.807, 2.05) is 0 Å². The molecule has 0 fully saturated rings. The van der Waals surface area contributed by atoms with E-state index in [9.17, 15) is 4.79 Å². The van der Waals surface area contributed by atoms with E-state index in [0.717, 1.165) is 6.42 Å². The molecule has 0 radical (unpaired) electrons. The van der Waals surface area contributed by atoms with Crippen LogP contribution in [0, 0.1) is 12.3 Å². The van der Waals surface area contributed by atoms with Crippen LogP contribution in [0.1, 0.15) is 30.7 Å². The second-order valence-corrected chi connectivity index (χ2v) is 6.17. The number of rotatable bonds is 6. The van der Waals surface area contributed by atoms with E-state index in [2.05, 4.69) is 37.5 Å². The summed E-state index contributed by atoms with van der Waals surface area (Å²) in [6.07, 6.45) is 1.39. The molecule has 1 rings (SSSR count). The maximum Gasteiger partial charge on any atom is 0.220 e. The molecule has 3 nitrogen and oxygen atoms in total. The van der Waals surface area contributed by atoms with Crippen molar-refractivity contribution in [2.24, 2.45) is 11.1 Å². The Morgan fingerprint density at radius 1 is 1.53 bits per heavy atom. The van der Waals surface area contributed by atoms with Gasteiger partial charge in [0, 0.05) is 17.8 Å². The number of hydrogen-bond acceptors (Lipinski definition) is 3. The lowest BCUT2D eigenvalue weighted by molar-refractivity contribution is -0.121. The summed E-state index contributed by atoms with van der Waals surface area (Å²) in [5.74, 6) is 0.110. The zero-order chi connectivity index (χ0) is 12.9. The SMILES string of the molecule is Cc1ccsc1CCC(=O)NCC(C)(C)CN. The van der Waals surface area contributed by atoms with Crippen molar-refractivity contribution < 1.29 is 4.79 Å². The van der Waals surface area contributed by atoms with Crippen LogP contribution in [0.15, 0.2) is 11.4 Å². The molecule has 4 heteroatoms. The van der Waals surface area contributed by atoms with Crippen LogP contribution < -0.4 is 11.1 Å². The van der Waals surface area contributed by atoms with Crippen LogP contribution in [0.5, 0.6) is 0 Å². The van der Waals surface area contributed by atoms with E-state index in [0.29, 0.717) is 19.5 Å². The summed E-state index contributed by atoms with van der Waals surface area (Å²) < 4.78 is 0. The minimum absolute atomic E-state index is 0.0193. The Balaban J connectivity index is 2.29. The summed E-state index contributed by atoms with van der Waals surface area (Å²) in [5.41, 5.74) is 6.88. The predicted octanol–water partition coefficient (Wildman–Crippen LogP) is 2.09. The summed E-state index contributed by atoms with van der Waals surface area (Å²) in [6.45, 7) is 7.41. The predicted molar refractivity (Wildman–Crippen MR) is 73.2 cm³/mol. The van der Waals surface area contributed by atoms with Crippen molar-refractivity contribution in [3.63, 3.8) is 0 Å². The minimum atomic E-state index is -0.0193. The summed E-state index contributed by atoms with van der Waals surface area (Å²) in [5, 5.41) is 5.01. The Labute approximate surface area is 107 Å². The highest BCUT2D eigenvalue weighted by Crippen LogP contribution is 2.17. The van der Waals surface area contributed by atoms with Gasteiger partial charge in [-0.1, -0.05) is 13.8 Å². The first kappa shape index (κ1) is 14.2. The smallest absolute Gasteiger partial charge is 0.220 e. The van der Waals surface area contributed by atoms with Crippen LogP contribution in [0.25, 0.3) is 0 Å². The number of thiophene rings is 1. The molecule has 1 aromatic rings. The van der Waals surface area contributed by atoms with E-state index in [4.69, 9.17) is 5.73 Å². The van der Waals surface area contributed by atoms with Gasteiger partial charge in [0.15, 0.2) is 0 Å². The molecule has 0 aliphatic heterocycles. The van der Waals surface area contributed by atoms with Gasteiger partial charge in [0.2, 0.25) is 5.91 Å². The lowest BCUT2D eigenvalue weighted by Gasteiger charge is -2.22. The maximum atomic E-state index is 11.7. The van der Waals surface area contributed by atoms with Crippen molar-refractivity contribution >= 4 is 17.2 Å². The molecule has 1 heterocycles. The molecule has 0 spiro atoms. The zero-order valence-electron chi connectivity index (χ0n) is 10.9. The van der Waals surface area contributed by atoms with Crippen LogP contribution >= 0.6 is 11.3 Å². The largest absolute Gasteiger partial charge is 0.356 e. The van der Waals surface area contributed by atoms with Crippen molar-refractivity contribution in [2.45, 2.75) is 33.6 Å². The number of hydrogen-bond donors (Lipinski definition) is 2. The minimum Gasteiger partial charge on any atom is -0.356 e. The molecule has 0 bridgehead atoms. The number of amides is 1. The van der Waals surface area contributed by atoms with Crippen molar-refractivity contribution in [3.05, 3.63) is 21.9 Å². The van der Waals surface area contributed by atoms with Gasteiger partial charge in [0.25, 0.3) is 0 Å². The molecule has 17 heavy (non-hydrogen) atoms. The second kappa shape index (κ2) is 6.17. The van der Waals surface area contributed by atoms with Crippen LogP contribution in [-0.4, -0.2) is 19.0 Å². The van der Waals surface area contributed by atoms with Crippen molar-refractivity contribution in [3.8, 4) is 0 Å². The quantitative estimate of drug-likeness (QED) is 0.816. The first-order valence-corrected chi connectivity index (χ1v) is 6.82. The number of carbonyl (C=O) groups excluding carboxylic acids is 1. The van der Waals surface area contributed by atoms with Crippen molar-refractivity contribution in [1.29, 1.82) is 0 Å². The molecule has 96 valence electrons. The Hall–Kier alpha value is -0.870. The normalized spacial score (nSPS) is 11.5. The lowest BCUT2D eigenvalue weighted by Crippen LogP contribution is -2.38. The Morgan fingerprint density at radius 2 is 2.24 bits per heavy atom. The van der Waals surface area contributed by atoms with E-state index >= 15 is 0 Å². The first-order valence-electron chi connectivity index (χ1n) is 5.94. The van der Waals surface area contributed by atoms with Crippen LogP contribution in [-0.2, 0) is 11.2 Å². The van der Waals surface area contributed by atoms with E-state index in [1.54, 1.807) is 11.3 Å². The van der Waals surface area contributed by atoms with Gasteiger partial charge in [0.05, 0.1) is 0 Å². The van der Waals surface area contributed by atoms with E-state index in [1.165, 1.54) is 10.4 Å². The maximum absolute atomic E-state index is 11.7. The van der Waals surface area contributed by atoms with Crippen molar-refractivity contribution in [2.75, 3.05) is 13.1 Å². The Bertz CT molecular complexity index is 371. The Kier molecular flexibility index (Phi) is 5.15. The fourth-order valence-corrected chi connectivity index (χ4v) is 2.30. The molecule has 0 unspecified atom stereocenters. The van der Waals surface area contributed by atoms with Gasteiger partial charge in [-0.05, 0) is 42.3 Å². The summed E-state index contributed by atoms with van der Waals surface area (Å²) in [4.78, 5) is 13.0. The highest BCUT2D eigenvalue weighted by atomic mass is 32.1. The first-order chi connectivity index (χ1) is 7.94. The summed E-state index contributed by atoms with van der Waals surface area (Å²) >= 11 is 1.72. The molecule has 3 N–H and O–H groups in total. The average molecular weight is 254 g/mol. The number of nitrogens with one attached hydrogen (secondary N) is 1. The van der Waals surface area contributed by atoms with Gasteiger partial charge in [-0.25, -0.2) is 0 Å². The highest BCUT2D eigenvalue weighted by Gasteiger charge is 2.16. The van der Waals surface area contributed by atoms with E-state index < -0.39 is 0 Å².